The van der Waals surface area contributed by atoms with E-state index in [2.05, 4.69) is 37.7 Å². The third-order valence-corrected chi connectivity index (χ3v) is 1.93. The summed E-state index contributed by atoms with van der Waals surface area (Å²) in [5.41, 5.74) is 7.09. The molecule has 0 saturated heterocycles. The number of nitrogens with two attached hydrogens (primary N) is 1. The predicted octanol–water partition coefficient (Wildman–Crippen LogP) is 2.29. The van der Waals surface area contributed by atoms with E-state index in [4.69, 9.17) is 5.73 Å². The fraction of sp³-hybridized carbons (Fsp3) is 0.750. The number of aliphatic imine (C=N–C) groups is 1. The Labute approximate surface area is 93.8 Å². The van der Waals surface area contributed by atoms with Crippen molar-refractivity contribution in [2.75, 3.05) is 13.1 Å². The summed E-state index contributed by atoms with van der Waals surface area (Å²) in [6, 6.07) is 0. The Morgan fingerprint density at radius 3 is 2.47 bits per heavy atom. The summed E-state index contributed by atoms with van der Waals surface area (Å²) in [5.74, 6) is 0.520. The van der Waals surface area contributed by atoms with Gasteiger partial charge in [0.25, 0.3) is 0 Å². The molecule has 0 heterocycles. The number of hydrogen-bond donors (Lipinski definition) is 2. The topological polar surface area (TPSA) is 50.4 Å². The first-order valence-electron chi connectivity index (χ1n) is 5.49. The molecule has 0 bridgehead atoms. The molecule has 0 rings (SSSR count). The zero-order chi connectivity index (χ0) is 11.9. The lowest BCUT2D eigenvalue weighted by molar-refractivity contribution is 0.365. The maximum absolute atomic E-state index is 5.67. The molecule has 0 aromatic carbocycles. The van der Waals surface area contributed by atoms with E-state index in [0.717, 1.165) is 18.5 Å². The molecule has 15 heavy (non-hydrogen) atoms. The Morgan fingerprint density at radius 2 is 2.00 bits per heavy atom. The smallest absolute Gasteiger partial charge is 0.188 e. The minimum atomic E-state index is 0.394. The van der Waals surface area contributed by atoms with E-state index < -0.39 is 0 Å². The summed E-state index contributed by atoms with van der Waals surface area (Å²) in [7, 11) is 0. The van der Waals surface area contributed by atoms with Gasteiger partial charge in [-0.15, -0.1) is 0 Å². The predicted molar refractivity (Wildman–Crippen MR) is 68.0 cm³/mol. The van der Waals surface area contributed by atoms with Gasteiger partial charge in [0.1, 0.15) is 0 Å². The monoisotopic (exact) mass is 211 g/mol. The van der Waals surface area contributed by atoms with Gasteiger partial charge in [-0.1, -0.05) is 32.9 Å². The van der Waals surface area contributed by atoms with Crippen LogP contribution in [0.25, 0.3) is 0 Å². The van der Waals surface area contributed by atoms with Crippen LogP contribution < -0.4 is 11.1 Å². The number of guanidine groups is 1. The molecular weight excluding hydrogens is 186 g/mol. The molecule has 0 unspecified atom stereocenters. The van der Waals surface area contributed by atoms with Gasteiger partial charge >= 0.3 is 0 Å². The van der Waals surface area contributed by atoms with Crippen LogP contribution in [0.2, 0.25) is 0 Å². The van der Waals surface area contributed by atoms with Gasteiger partial charge in [0.15, 0.2) is 5.96 Å². The molecule has 0 saturated carbocycles. The molecular formula is C12H25N3. The van der Waals surface area contributed by atoms with Crippen LogP contribution in [0, 0.1) is 5.41 Å². The van der Waals surface area contributed by atoms with Gasteiger partial charge in [0.2, 0.25) is 0 Å². The lowest BCUT2D eigenvalue weighted by Gasteiger charge is -2.17. The average Bonchev–Trinajstić information content (AvgIpc) is 2.07. The highest BCUT2D eigenvalue weighted by molar-refractivity contribution is 5.77. The second-order valence-electron chi connectivity index (χ2n) is 5.25. The Hall–Kier alpha value is -0.990. The van der Waals surface area contributed by atoms with Crippen molar-refractivity contribution in [3.05, 3.63) is 12.2 Å². The van der Waals surface area contributed by atoms with Crippen molar-refractivity contribution in [3.63, 3.8) is 0 Å². The third kappa shape index (κ3) is 10.9. The van der Waals surface area contributed by atoms with E-state index in [1.165, 1.54) is 6.42 Å². The van der Waals surface area contributed by atoms with Crippen molar-refractivity contribution >= 4 is 5.96 Å². The number of nitrogens with one attached hydrogen (secondary N) is 1. The van der Waals surface area contributed by atoms with E-state index in [9.17, 15) is 0 Å². The summed E-state index contributed by atoms with van der Waals surface area (Å²) in [5, 5.41) is 3.10. The van der Waals surface area contributed by atoms with Crippen LogP contribution in [0.5, 0.6) is 0 Å². The van der Waals surface area contributed by atoms with Crippen LogP contribution in [0.15, 0.2) is 17.1 Å². The Balaban J connectivity index is 3.59. The molecule has 0 aromatic rings. The quantitative estimate of drug-likeness (QED) is 0.317. The number of nitrogens with zero attached hydrogens (tertiary/aromatic N) is 1. The highest BCUT2D eigenvalue weighted by atomic mass is 15.1. The normalized spacial score (nSPS) is 12.7. The number of hydrogen-bond acceptors (Lipinski definition) is 1. The highest BCUT2D eigenvalue weighted by Gasteiger charge is 2.08. The van der Waals surface area contributed by atoms with Gasteiger partial charge in [0.05, 0.1) is 6.54 Å². The fourth-order valence-corrected chi connectivity index (χ4v) is 1.11. The Bertz CT molecular complexity index is 224. The van der Waals surface area contributed by atoms with E-state index >= 15 is 0 Å². The molecule has 0 spiro atoms. The first-order valence-corrected chi connectivity index (χ1v) is 5.49. The largest absolute Gasteiger partial charge is 0.370 e. The third-order valence-electron chi connectivity index (χ3n) is 1.93. The molecule has 0 amide bonds. The van der Waals surface area contributed by atoms with Gasteiger partial charge < -0.3 is 11.1 Å². The maximum Gasteiger partial charge on any atom is 0.188 e. The first-order chi connectivity index (χ1) is 6.81. The van der Waals surface area contributed by atoms with Gasteiger partial charge in [-0.05, 0) is 25.2 Å². The van der Waals surface area contributed by atoms with Gasteiger partial charge in [-0.3, -0.25) is 0 Å². The van der Waals surface area contributed by atoms with Crippen LogP contribution >= 0.6 is 0 Å². The molecule has 0 aliphatic heterocycles. The van der Waals surface area contributed by atoms with Crippen LogP contribution in [-0.4, -0.2) is 19.0 Å². The van der Waals surface area contributed by atoms with E-state index in [0.29, 0.717) is 17.9 Å². The second-order valence-corrected chi connectivity index (χ2v) is 5.25. The standard InChI is InChI=1S/C12H25N3/c1-10(2)9-15-11(13)14-8-6-7-12(3,4)5/h1,6-9H2,2-5H3,(H3,13,14,15). The lowest BCUT2D eigenvalue weighted by Crippen LogP contribution is -2.33. The van der Waals surface area contributed by atoms with Crippen LogP contribution in [0.1, 0.15) is 40.5 Å². The fourth-order valence-electron chi connectivity index (χ4n) is 1.11. The molecule has 3 nitrogen and oxygen atoms in total. The summed E-state index contributed by atoms with van der Waals surface area (Å²) < 4.78 is 0. The second kappa shape index (κ2) is 6.49. The molecule has 0 aliphatic carbocycles. The number of rotatable bonds is 5. The maximum atomic E-state index is 5.67. The SMILES string of the molecule is C=C(C)CN=C(N)NCCCC(C)(C)C. The first kappa shape index (κ1) is 14.0. The van der Waals surface area contributed by atoms with Crippen molar-refractivity contribution < 1.29 is 0 Å². The van der Waals surface area contributed by atoms with Gasteiger partial charge in [-0.25, -0.2) is 4.99 Å². The molecule has 0 radical (unpaired) electrons. The zero-order valence-corrected chi connectivity index (χ0v) is 10.6. The van der Waals surface area contributed by atoms with E-state index in [-0.39, 0.29) is 0 Å². The van der Waals surface area contributed by atoms with Crippen molar-refractivity contribution in [1.29, 1.82) is 0 Å². The van der Waals surface area contributed by atoms with Gasteiger partial charge in [0, 0.05) is 6.54 Å². The van der Waals surface area contributed by atoms with Gasteiger partial charge in [-0.2, -0.15) is 0 Å². The van der Waals surface area contributed by atoms with Crippen molar-refractivity contribution in [3.8, 4) is 0 Å². The summed E-state index contributed by atoms with van der Waals surface area (Å²) in [6.07, 6.45) is 2.31. The molecule has 0 atom stereocenters. The molecule has 0 aliphatic rings. The van der Waals surface area contributed by atoms with E-state index in [1.54, 1.807) is 0 Å². The van der Waals surface area contributed by atoms with Crippen molar-refractivity contribution in [2.45, 2.75) is 40.5 Å². The van der Waals surface area contributed by atoms with E-state index in [1.807, 2.05) is 6.92 Å². The minimum absolute atomic E-state index is 0.394. The zero-order valence-electron chi connectivity index (χ0n) is 10.6. The molecule has 3 heteroatoms. The molecule has 0 fully saturated rings. The molecule has 3 N–H and O–H groups in total. The lowest BCUT2D eigenvalue weighted by atomic mass is 9.91. The van der Waals surface area contributed by atoms with Crippen LogP contribution in [0.4, 0.5) is 0 Å². The summed E-state index contributed by atoms with van der Waals surface area (Å²) in [6.45, 7) is 13.9. The molecule has 88 valence electrons. The average molecular weight is 211 g/mol. The minimum Gasteiger partial charge on any atom is -0.370 e. The van der Waals surface area contributed by atoms with Crippen molar-refractivity contribution in [1.82, 2.24) is 5.32 Å². The van der Waals surface area contributed by atoms with Crippen LogP contribution in [0.3, 0.4) is 0 Å². The molecule has 0 aromatic heterocycles. The van der Waals surface area contributed by atoms with Crippen LogP contribution in [-0.2, 0) is 0 Å². The summed E-state index contributed by atoms with van der Waals surface area (Å²) in [4.78, 5) is 4.14. The Morgan fingerprint density at radius 1 is 1.40 bits per heavy atom. The summed E-state index contributed by atoms with van der Waals surface area (Å²) >= 11 is 0. The van der Waals surface area contributed by atoms with Crippen molar-refractivity contribution in [2.24, 2.45) is 16.1 Å². The highest BCUT2D eigenvalue weighted by Crippen LogP contribution is 2.19. The Kier molecular flexibility index (Phi) is 6.06.